The van der Waals surface area contributed by atoms with Gasteiger partial charge < -0.3 is 144 Å². The number of hydrogen-bond donors (Lipinski definition) is 18. The smallest absolute Gasteiger partial charge is 0.217 e. The third kappa shape index (κ3) is 11.4. The van der Waals surface area contributed by atoms with Gasteiger partial charge in [0.05, 0.1) is 38.6 Å². The molecule has 6 rings (SSSR count). The van der Waals surface area contributed by atoms with Crippen LogP contribution in [0.3, 0.4) is 0 Å². The normalized spacial score (nSPS) is 52.6. The van der Waals surface area contributed by atoms with E-state index < -0.39 is 217 Å². The second kappa shape index (κ2) is 23.5. The summed E-state index contributed by atoms with van der Waals surface area (Å²) in [6.07, 6.45) is -53.6. The van der Waals surface area contributed by atoms with Gasteiger partial charge in [-0.1, -0.05) is 0 Å². The van der Waals surface area contributed by atoms with Crippen LogP contribution in [0.15, 0.2) is 0 Å². The second-order valence-electron chi connectivity index (χ2n) is 17.5. The molecule has 68 heavy (non-hydrogen) atoms. The van der Waals surface area contributed by atoms with Crippen LogP contribution in [0.2, 0.25) is 0 Å². The number of hydrogen-bond acceptors (Lipinski definition) is 29. The van der Waals surface area contributed by atoms with Crippen molar-refractivity contribution >= 4 is 5.91 Å². The lowest BCUT2D eigenvalue weighted by Gasteiger charge is -2.52. The first-order valence-corrected chi connectivity index (χ1v) is 21.8. The Morgan fingerprint density at radius 3 is 1.24 bits per heavy atom. The van der Waals surface area contributed by atoms with Crippen LogP contribution in [0, 0.1) is 0 Å². The fourth-order valence-corrected chi connectivity index (χ4v) is 8.79. The van der Waals surface area contributed by atoms with Crippen molar-refractivity contribution in [3.63, 3.8) is 0 Å². The lowest BCUT2D eigenvalue weighted by molar-refractivity contribution is -0.397. The van der Waals surface area contributed by atoms with Gasteiger partial charge >= 0.3 is 0 Å². The Kier molecular flexibility index (Phi) is 19.2. The number of ether oxygens (including phenoxy) is 11. The van der Waals surface area contributed by atoms with E-state index in [2.05, 4.69) is 5.32 Å². The monoisotopic (exact) mass is 999 g/mol. The number of aliphatic hydroxyl groups excluding tert-OH is 17. The van der Waals surface area contributed by atoms with Gasteiger partial charge in [-0.25, -0.2) is 0 Å². The average Bonchev–Trinajstić information content (AvgIpc) is 3.31. The van der Waals surface area contributed by atoms with Crippen LogP contribution in [0.4, 0.5) is 0 Å². The van der Waals surface area contributed by atoms with E-state index in [0.717, 1.165) is 6.92 Å². The molecule has 0 aromatic heterocycles. The Hall–Kier alpha value is -1.65. The topological polar surface area (TPSA) is 475 Å². The number of aliphatic hydroxyl groups is 17. The van der Waals surface area contributed by atoms with Crippen molar-refractivity contribution in [2.45, 2.75) is 205 Å². The molecular weight excluding hydrogens is 934 g/mol. The van der Waals surface area contributed by atoms with E-state index in [-0.39, 0.29) is 0 Å². The highest BCUT2D eigenvalue weighted by Gasteiger charge is 2.58. The van der Waals surface area contributed by atoms with E-state index in [9.17, 15) is 91.6 Å². The van der Waals surface area contributed by atoms with Gasteiger partial charge in [-0.2, -0.15) is 0 Å². The number of carbonyl (C=O) groups excluding carboxylic acids is 1. The molecule has 6 fully saturated rings. The van der Waals surface area contributed by atoms with E-state index in [1.165, 1.54) is 13.8 Å². The summed E-state index contributed by atoms with van der Waals surface area (Å²) in [5.74, 6) is -0.873. The molecule has 6 saturated heterocycles. The van der Waals surface area contributed by atoms with Gasteiger partial charge in [0.25, 0.3) is 0 Å². The van der Waals surface area contributed by atoms with Crippen molar-refractivity contribution in [1.82, 2.24) is 5.32 Å². The Morgan fingerprint density at radius 2 is 0.750 bits per heavy atom. The molecule has 0 bridgehead atoms. The zero-order valence-corrected chi connectivity index (χ0v) is 36.7. The largest absolute Gasteiger partial charge is 0.394 e. The predicted octanol–water partition coefficient (Wildman–Crippen LogP) is -11.9. The molecule has 30 heteroatoms. The number of amides is 1. The van der Waals surface area contributed by atoms with Crippen molar-refractivity contribution in [2.75, 3.05) is 26.4 Å². The van der Waals surface area contributed by atoms with Crippen LogP contribution >= 0.6 is 0 Å². The van der Waals surface area contributed by atoms with E-state index in [1.54, 1.807) is 0 Å². The molecule has 0 saturated carbocycles. The van der Waals surface area contributed by atoms with Gasteiger partial charge in [0.15, 0.2) is 37.7 Å². The number of nitrogens with one attached hydrogen (secondary N) is 1. The van der Waals surface area contributed by atoms with Crippen molar-refractivity contribution in [1.29, 1.82) is 0 Å². The highest BCUT2D eigenvalue weighted by molar-refractivity contribution is 5.73. The van der Waals surface area contributed by atoms with Crippen LogP contribution in [-0.2, 0) is 56.9 Å². The number of carbonyl (C=O) groups is 1. The molecule has 30 atom stereocenters. The van der Waals surface area contributed by atoms with Crippen LogP contribution in [0.1, 0.15) is 20.8 Å². The first kappa shape index (κ1) is 55.7. The summed E-state index contributed by atoms with van der Waals surface area (Å²) >= 11 is 0. The Bertz CT molecular complexity index is 1590. The summed E-state index contributed by atoms with van der Waals surface area (Å²) in [5.41, 5.74) is 0. The summed E-state index contributed by atoms with van der Waals surface area (Å²) in [4.78, 5) is 12.9. The van der Waals surface area contributed by atoms with Crippen molar-refractivity contribution < 1.29 is 144 Å². The maximum absolute atomic E-state index is 12.9. The van der Waals surface area contributed by atoms with Crippen LogP contribution in [0.25, 0.3) is 0 Å². The lowest BCUT2D eigenvalue weighted by atomic mass is 9.93. The summed E-state index contributed by atoms with van der Waals surface area (Å²) in [6, 6.07) is -1.81. The molecule has 6 aliphatic heterocycles. The molecular formula is C38H65NO29. The van der Waals surface area contributed by atoms with Crippen LogP contribution < -0.4 is 5.32 Å². The Balaban J connectivity index is 1.33. The van der Waals surface area contributed by atoms with Crippen LogP contribution in [-0.4, -0.2) is 303 Å². The molecule has 6 aliphatic rings. The molecule has 0 aliphatic carbocycles. The molecule has 1 unspecified atom stereocenters. The standard InChI is InChI=1S/C38H65NO29/c1-8-16(45)20(49)23(52)35(58-8)64-28-14(7-43)63-34(15(39-10(3)44)30(28)66-37-25(54)22(51)18(47)11(4-40)61-37)67-31-19(48)12(5-41)62-38(27(31)56)65-29-13(6-42)60-33(57)26(55)32(29)68-36-24(53)21(50)17(46)9(2)59-36/h8-9,11-38,40-43,45-57H,4-7H2,1-3H3,(H,39,44)/t8-,9-,11-,12-,13-,14-,15-,16+,17+,18+,19+,20+,21+,22+,23-,24-,25-,26-,27-,28-,29-,30-,31+,32-,33?,34+,35-,36-,37+,38+/m1/s1. The van der Waals surface area contributed by atoms with E-state index >= 15 is 0 Å². The minimum atomic E-state index is -2.24. The van der Waals surface area contributed by atoms with Gasteiger partial charge in [-0.15, -0.1) is 0 Å². The maximum atomic E-state index is 12.9. The van der Waals surface area contributed by atoms with Crippen molar-refractivity contribution in [3.05, 3.63) is 0 Å². The molecule has 396 valence electrons. The molecule has 0 spiro atoms. The quantitative estimate of drug-likeness (QED) is 0.0724. The first-order chi connectivity index (χ1) is 32.1. The maximum Gasteiger partial charge on any atom is 0.217 e. The predicted molar refractivity (Wildman–Crippen MR) is 208 cm³/mol. The van der Waals surface area contributed by atoms with Crippen molar-refractivity contribution in [3.8, 4) is 0 Å². The fourth-order valence-electron chi connectivity index (χ4n) is 8.79. The summed E-state index contributed by atoms with van der Waals surface area (Å²) in [6.45, 7) is -0.333. The highest BCUT2D eigenvalue weighted by atomic mass is 16.8. The molecule has 0 radical (unpaired) electrons. The van der Waals surface area contributed by atoms with Gasteiger partial charge in [0.2, 0.25) is 5.91 Å². The fraction of sp³-hybridized carbons (Fsp3) is 0.974. The van der Waals surface area contributed by atoms with E-state index in [4.69, 9.17) is 52.1 Å². The molecule has 6 heterocycles. The van der Waals surface area contributed by atoms with Gasteiger partial charge in [0, 0.05) is 6.92 Å². The third-order valence-electron chi connectivity index (χ3n) is 12.8. The molecule has 1 amide bonds. The third-order valence-corrected chi connectivity index (χ3v) is 12.8. The summed E-state index contributed by atoms with van der Waals surface area (Å²) in [5, 5.41) is 184. The summed E-state index contributed by atoms with van der Waals surface area (Å²) < 4.78 is 63.6. The van der Waals surface area contributed by atoms with E-state index in [0.29, 0.717) is 0 Å². The highest BCUT2D eigenvalue weighted by Crippen LogP contribution is 2.38. The molecule has 30 nitrogen and oxygen atoms in total. The SMILES string of the molecule is CC(=O)N[C@H]1[C@H](O[C@H]2[C@@H](O)[C@@H](CO)O[C@@H](O[C@H]3[C@H](O[C@H]4O[C@H](C)[C@H](O)[C@H](O)[C@H]4O)[C@@H](O)C(O)O[C@@H]3CO)[C@@H]2O)O[C@H](CO)[C@@H](O[C@H]2O[C@H](C)[C@H](O)[C@H](O)[C@H]2O)[C@@H]1O[C@@H]1O[C@H](CO)[C@H](O)[C@H](O)[C@H]1O. The van der Waals surface area contributed by atoms with Gasteiger partial charge in [-0.3, -0.25) is 4.79 Å². The molecule has 18 N–H and O–H groups in total. The molecule has 0 aromatic carbocycles. The minimum Gasteiger partial charge on any atom is -0.394 e. The zero-order valence-electron chi connectivity index (χ0n) is 36.7. The second-order valence-corrected chi connectivity index (χ2v) is 17.5. The summed E-state index contributed by atoms with van der Waals surface area (Å²) in [7, 11) is 0. The first-order valence-electron chi connectivity index (χ1n) is 21.8. The number of rotatable bonds is 15. The zero-order chi connectivity index (χ0) is 50.2. The molecule has 0 aromatic rings. The Labute approximate surface area is 386 Å². The lowest BCUT2D eigenvalue weighted by Crippen LogP contribution is -2.71. The van der Waals surface area contributed by atoms with Gasteiger partial charge in [-0.05, 0) is 13.8 Å². The Morgan fingerprint density at radius 1 is 0.382 bits per heavy atom. The minimum absolute atomic E-state index is 0.873. The van der Waals surface area contributed by atoms with Gasteiger partial charge in [0.1, 0.15) is 134 Å². The van der Waals surface area contributed by atoms with Crippen LogP contribution in [0.5, 0.6) is 0 Å². The van der Waals surface area contributed by atoms with E-state index in [1.807, 2.05) is 0 Å². The van der Waals surface area contributed by atoms with Crippen molar-refractivity contribution in [2.24, 2.45) is 0 Å². The average molecular weight is 1000 g/mol.